The molecule has 4 aromatic rings. The lowest BCUT2D eigenvalue weighted by Gasteiger charge is -2.33. The fraction of sp³-hybridized carbons (Fsp3) is 0.265. The Morgan fingerprint density at radius 3 is 2.27 bits per heavy atom. The molecule has 0 aliphatic carbocycles. The highest BCUT2D eigenvalue weighted by molar-refractivity contribution is 7.92. The van der Waals surface area contributed by atoms with Crippen molar-refractivity contribution in [3.63, 3.8) is 0 Å². The van der Waals surface area contributed by atoms with Gasteiger partial charge in [-0.25, -0.2) is 27.0 Å². The monoisotopic (exact) mass is 714 g/mol. The highest BCUT2D eigenvalue weighted by Gasteiger charge is 2.26. The predicted octanol–water partition coefficient (Wildman–Crippen LogP) is 7.32. The summed E-state index contributed by atoms with van der Waals surface area (Å²) in [6.07, 6.45) is 3.09. The van der Waals surface area contributed by atoms with E-state index >= 15 is 4.39 Å². The van der Waals surface area contributed by atoms with Crippen LogP contribution in [0, 0.1) is 11.6 Å². The fourth-order valence-corrected chi connectivity index (χ4v) is 6.04. The number of nitrogens with one attached hydrogen (secondary N) is 4. The number of halogens is 3. The number of sulfonamides is 1. The Balaban J connectivity index is 0.00000541. The van der Waals surface area contributed by atoms with Crippen molar-refractivity contribution >= 4 is 57.1 Å². The van der Waals surface area contributed by atoms with Gasteiger partial charge in [0.25, 0.3) is 0 Å². The van der Waals surface area contributed by atoms with Crippen LogP contribution in [0.3, 0.4) is 0 Å². The van der Waals surface area contributed by atoms with Crippen LogP contribution in [0.1, 0.15) is 43.7 Å². The zero-order valence-electron chi connectivity index (χ0n) is 26.8. The minimum absolute atomic E-state index is 0. The number of benzene rings is 3. The minimum atomic E-state index is -3.36. The number of rotatable bonds is 11. The van der Waals surface area contributed by atoms with Crippen molar-refractivity contribution in [2.75, 3.05) is 39.5 Å². The molecule has 11 nitrogen and oxygen atoms in total. The number of ether oxygens (including phenoxy) is 1. The van der Waals surface area contributed by atoms with Crippen molar-refractivity contribution in [1.29, 1.82) is 0 Å². The first-order valence-electron chi connectivity index (χ1n) is 15.4. The molecule has 49 heavy (non-hydrogen) atoms. The number of carbonyl (C=O) groups excluding carboxylic acids is 2. The van der Waals surface area contributed by atoms with Crippen molar-refractivity contribution in [1.82, 2.24) is 9.88 Å². The van der Waals surface area contributed by atoms with Gasteiger partial charge in [-0.1, -0.05) is 12.1 Å². The molecular formula is C34H37ClF2N6O5S. The van der Waals surface area contributed by atoms with E-state index in [0.29, 0.717) is 61.0 Å². The van der Waals surface area contributed by atoms with E-state index in [1.54, 1.807) is 49.5 Å². The van der Waals surface area contributed by atoms with Crippen LogP contribution in [0.15, 0.2) is 79.0 Å². The predicted molar refractivity (Wildman–Crippen MR) is 188 cm³/mol. The number of likely N-dealkylation sites (tertiary alicyclic amines) is 1. The van der Waals surface area contributed by atoms with E-state index in [2.05, 4.69) is 30.6 Å². The Labute approximate surface area is 289 Å². The van der Waals surface area contributed by atoms with Crippen LogP contribution < -0.4 is 25.4 Å². The number of anilines is 4. The zero-order valence-corrected chi connectivity index (χ0v) is 28.5. The van der Waals surface area contributed by atoms with Gasteiger partial charge < -0.3 is 20.7 Å². The molecule has 1 aromatic heterocycles. The highest BCUT2D eigenvalue weighted by atomic mass is 35.5. The van der Waals surface area contributed by atoms with Gasteiger partial charge in [-0.3, -0.25) is 14.4 Å². The van der Waals surface area contributed by atoms with E-state index in [-0.39, 0.29) is 35.5 Å². The van der Waals surface area contributed by atoms with E-state index in [1.165, 1.54) is 31.2 Å². The fourth-order valence-electron chi connectivity index (χ4n) is 5.40. The van der Waals surface area contributed by atoms with Gasteiger partial charge in [0.2, 0.25) is 21.8 Å². The van der Waals surface area contributed by atoms with Crippen LogP contribution in [0.5, 0.6) is 11.6 Å². The van der Waals surface area contributed by atoms with Crippen molar-refractivity contribution in [3.05, 3.63) is 102 Å². The van der Waals surface area contributed by atoms with Crippen LogP contribution in [0.2, 0.25) is 0 Å². The molecule has 1 aliphatic heterocycles. The number of hydrogen-bond acceptors (Lipinski definition) is 7. The molecule has 1 saturated heterocycles. The number of pyridine rings is 1. The molecule has 0 saturated carbocycles. The number of amides is 3. The van der Waals surface area contributed by atoms with Gasteiger partial charge in [0.15, 0.2) is 0 Å². The third-order valence-corrected chi connectivity index (χ3v) is 9.07. The molecule has 3 amide bonds. The Morgan fingerprint density at radius 1 is 0.898 bits per heavy atom. The minimum Gasteiger partial charge on any atom is -0.439 e. The maximum Gasteiger partial charge on any atom is 0.323 e. The lowest BCUT2D eigenvalue weighted by Crippen LogP contribution is -2.33. The van der Waals surface area contributed by atoms with Gasteiger partial charge in [0.05, 0.1) is 11.4 Å². The summed E-state index contributed by atoms with van der Waals surface area (Å²) < 4.78 is 60.9. The number of hydrogen-bond donors (Lipinski definition) is 4. The van der Waals surface area contributed by atoms with Crippen LogP contribution in [-0.2, 0) is 21.4 Å². The first-order valence-corrected chi connectivity index (χ1v) is 17.0. The summed E-state index contributed by atoms with van der Waals surface area (Å²) in [7, 11) is -3.36. The van der Waals surface area contributed by atoms with E-state index < -0.39 is 33.6 Å². The Morgan fingerprint density at radius 2 is 1.61 bits per heavy atom. The molecule has 2 heterocycles. The molecule has 1 aliphatic rings. The van der Waals surface area contributed by atoms with E-state index in [4.69, 9.17) is 4.74 Å². The zero-order chi connectivity index (χ0) is 34.3. The number of piperidine rings is 1. The summed E-state index contributed by atoms with van der Waals surface area (Å²) in [5.74, 6) is -0.717. The molecule has 0 spiro atoms. The van der Waals surface area contributed by atoms with E-state index in [0.717, 1.165) is 11.6 Å². The quantitative estimate of drug-likeness (QED) is 0.128. The van der Waals surface area contributed by atoms with Gasteiger partial charge in [0.1, 0.15) is 17.4 Å². The van der Waals surface area contributed by atoms with Gasteiger partial charge in [0, 0.05) is 48.4 Å². The molecule has 3 aromatic carbocycles. The molecule has 260 valence electrons. The molecule has 0 bridgehead atoms. The molecule has 5 rings (SSSR count). The number of nitrogens with zero attached hydrogens (tertiary/aromatic N) is 2. The van der Waals surface area contributed by atoms with Crippen LogP contribution in [0.25, 0.3) is 0 Å². The van der Waals surface area contributed by atoms with Gasteiger partial charge in [-0.15, -0.1) is 12.4 Å². The smallest absolute Gasteiger partial charge is 0.323 e. The Kier molecular flexibility index (Phi) is 12.5. The van der Waals surface area contributed by atoms with Crippen LogP contribution in [0.4, 0.5) is 36.3 Å². The number of aromatic nitrogens is 1. The first kappa shape index (κ1) is 37.0. The molecular weight excluding hydrogens is 678 g/mol. The van der Waals surface area contributed by atoms with Crippen LogP contribution >= 0.6 is 12.4 Å². The summed E-state index contributed by atoms with van der Waals surface area (Å²) in [6.45, 7) is 4.88. The van der Waals surface area contributed by atoms with Crippen molar-refractivity contribution < 1.29 is 31.5 Å². The maximum absolute atomic E-state index is 15.2. The van der Waals surface area contributed by atoms with Gasteiger partial charge in [-0.05, 0) is 98.9 Å². The Hall–Kier alpha value is -4.79. The van der Waals surface area contributed by atoms with E-state index in [9.17, 15) is 22.4 Å². The molecule has 15 heteroatoms. The largest absolute Gasteiger partial charge is 0.439 e. The van der Waals surface area contributed by atoms with E-state index in [1.807, 2.05) is 6.07 Å². The van der Waals surface area contributed by atoms with Crippen molar-refractivity contribution in [2.45, 2.75) is 39.2 Å². The van der Waals surface area contributed by atoms with Crippen molar-refractivity contribution in [3.8, 4) is 11.6 Å². The lowest BCUT2D eigenvalue weighted by molar-refractivity contribution is -0.114. The van der Waals surface area contributed by atoms with Gasteiger partial charge in [-0.2, -0.15) is 0 Å². The van der Waals surface area contributed by atoms with Crippen molar-refractivity contribution in [2.24, 2.45) is 0 Å². The molecule has 1 fully saturated rings. The first-order chi connectivity index (χ1) is 23.0. The topological polar surface area (TPSA) is 142 Å². The van der Waals surface area contributed by atoms with Gasteiger partial charge >= 0.3 is 6.03 Å². The molecule has 0 radical (unpaired) electrons. The third-order valence-electron chi connectivity index (χ3n) is 7.77. The summed E-state index contributed by atoms with van der Waals surface area (Å²) in [5.41, 5.74) is 2.41. The average molecular weight is 715 g/mol. The maximum atomic E-state index is 15.2. The molecule has 0 atom stereocenters. The summed E-state index contributed by atoms with van der Waals surface area (Å²) >= 11 is 0. The normalized spacial score (nSPS) is 13.6. The third kappa shape index (κ3) is 10.3. The van der Waals surface area contributed by atoms with Crippen LogP contribution in [-0.4, -0.2) is 49.1 Å². The number of urea groups is 1. The summed E-state index contributed by atoms with van der Waals surface area (Å²) in [6, 6.07) is 18.0. The second-order valence-electron chi connectivity index (χ2n) is 11.3. The number of carbonyl (C=O) groups is 2. The summed E-state index contributed by atoms with van der Waals surface area (Å²) in [5, 5.41) is 7.71. The SMILES string of the molecule is CCS(=O)(=O)Nc1ccc(Oc2ccc(CN3CCC(c4c(F)cccc4NC(=O)Nc4ccc(F)c(NC(C)=O)c4)CC3)cn2)cc1.Cl. The molecule has 0 unspecified atom stereocenters. The second-order valence-corrected chi connectivity index (χ2v) is 13.4. The summed E-state index contributed by atoms with van der Waals surface area (Å²) in [4.78, 5) is 30.8. The highest BCUT2D eigenvalue weighted by Crippen LogP contribution is 2.35. The lowest BCUT2D eigenvalue weighted by atomic mass is 9.87. The average Bonchev–Trinajstić information content (AvgIpc) is 3.05. The second kappa shape index (κ2) is 16.5. The standard InChI is InChI=1S/C34H36F2N6O5S.ClH/c1-3-48(45,46)41-25-8-11-27(12-9-25)47-32-14-7-23(20-37-32)21-42-17-15-24(16-18-42)33-29(36)5-4-6-30(33)40-34(44)39-26-10-13-28(35)31(19-26)38-22(2)43;/h4-14,19-20,24,41H,3,15-18,21H2,1-2H3,(H,38,43)(H2,39,40,44);1H. The Bertz CT molecular complexity index is 1870. The molecule has 4 N–H and O–H groups in total.